The first kappa shape index (κ1) is 9.45. The molecule has 58 valence electrons. The van der Waals surface area contributed by atoms with Gasteiger partial charge in [0, 0.05) is 12.0 Å². The third-order valence-corrected chi connectivity index (χ3v) is 1.63. The Morgan fingerprint density at radius 3 is 2.50 bits per heavy atom. The SMILES string of the molecule is CCC[C@](C)(N)CCC#N. The monoisotopic (exact) mass is 140 g/mol. The van der Waals surface area contributed by atoms with E-state index in [0.29, 0.717) is 6.42 Å². The average Bonchev–Trinajstić information content (AvgIpc) is 1.84. The maximum atomic E-state index is 8.29. The second-order valence-electron chi connectivity index (χ2n) is 3.06. The molecule has 0 spiro atoms. The zero-order chi connectivity index (χ0) is 8.04. The maximum absolute atomic E-state index is 8.29. The molecule has 0 amide bonds. The molecule has 2 N–H and O–H groups in total. The molecule has 0 fully saturated rings. The van der Waals surface area contributed by atoms with Gasteiger partial charge in [0.25, 0.3) is 0 Å². The van der Waals surface area contributed by atoms with Gasteiger partial charge in [-0.15, -0.1) is 0 Å². The second kappa shape index (κ2) is 4.29. The Bertz CT molecular complexity index is 122. The van der Waals surface area contributed by atoms with E-state index in [4.69, 9.17) is 11.0 Å². The van der Waals surface area contributed by atoms with Crippen LogP contribution in [0.1, 0.15) is 39.5 Å². The van der Waals surface area contributed by atoms with Gasteiger partial charge in [-0.3, -0.25) is 0 Å². The van der Waals surface area contributed by atoms with Crippen LogP contribution in [0.15, 0.2) is 0 Å². The molecule has 0 aliphatic rings. The van der Waals surface area contributed by atoms with Crippen LogP contribution in [0.4, 0.5) is 0 Å². The fourth-order valence-electron chi connectivity index (χ4n) is 1.04. The van der Waals surface area contributed by atoms with Gasteiger partial charge < -0.3 is 5.73 Å². The highest BCUT2D eigenvalue weighted by Crippen LogP contribution is 2.14. The summed E-state index contributed by atoms with van der Waals surface area (Å²) in [6.07, 6.45) is 3.50. The van der Waals surface area contributed by atoms with E-state index in [1.165, 1.54) is 0 Å². The van der Waals surface area contributed by atoms with Crippen LogP contribution < -0.4 is 5.73 Å². The van der Waals surface area contributed by atoms with Crippen LogP contribution in [0.2, 0.25) is 0 Å². The van der Waals surface area contributed by atoms with Gasteiger partial charge in [0.05, 0.1) is 6.07 Å². The van der Waals surface area contributed by atoms with Crippen molar-refractivity contribution in [1.29, 1.82) is 5.26 Å². The second-order valence-corrected chi connectivity index (χ2v) is 3.06. The van der Waals surface area contributed by atoms with Crippen LogP contribution in [-0.2, 0) is 0 Å². The highest BCUT2D eigenvalue weighted by molar-refractivity contribution is 4.83. The van der Waals surface area contributed by atoms with Gasteiger partial charge in [-0.1, -0.05) is 13.3 Å². The lowest BCUT2D eigenvalue weighted by Gasteiger charge is -2.22. The predicted octanol–water partition coefficient (Wildman–Crippen LogP) is 1.81. The van der Waals surface area contributed by atoms with Crippen molar-refractivity contribution in [1.82, 2.24) is 0 Å². The minimum absolute atomic E-state index is 0.121. The number of nitrogens with two attached hydrogens (primary N) is 1. The van der Waals surface area contributed by atoms with E-state index in [1.807, 2.05) is 6.92 Å². The molecule has 2 heteroatoms. The fraction of sp³-hybridized carbons (Fsp3) is 0.875. The Kier molecular flexibility index (Phi) is 4.06. The summed E-state index contributed by atoms with van der Waals surface area (Å²) >= 11 is 0. The summed E-state index contributed by atoms with van der Waals surface area (Å²) in [5.74, 6) is 0. The van der Waals surface area contributed by atoms with Crippen LogP contribution >= 0.6 is 0 Å². The predicted molar refractivity (Wildman–Crippen MR) is 42.3 cm³/mol. The summed E-state index contributed by atoms with van der Waals surface area (Å²) in [6, 6.07) is 2.10. The third kappa shape index (κ3) is 4.34. The van der Waals surface area contributed by atoms with Crippen molar-refractivity contribution in [2.75, 3.05) is 0 Å². The van der Waals surface area contributed by atoms with Crippen molar-refractivity contribution in [3.63, 3.8) is 0 Å². The smallest absolute Gasteiger partial charge is 0.0622 e. The molecule has 0 radical (unpaired) electrons. The minimum atomic E-state index is -0.121. The number of hydrogen-bond acceptors (Lipinski definition) is 2. The molecule has 0 bridgehead atoms. The first-order chi connectivity index (χ1) is 4.62. The van der Waals surface area contributed by atoms with Gasteiger partial charge in [0.15, 0.2) is 0 Å². The summed E-state index contributed by atoms with van der Waals surface area (Å²) < 4.78 is 0. The highest BCUT2D eigenvalue weighted by Gasteiger charge is 2.15. The number of hydrogen-bond donors (Lipinski definition) is 1. The molecule has 1 atom stereocenters. The molecule has 2 nitrogen and oxygen atoms in total. The molecule has 0 heterocycles. The van der Waals surface area contributed by atoms with Gasteiger partial charge in [0.2, 0.25) is 0 Å². The molecule has 10 heavy (non-hydrogen) atoms. The Morgan fingerprint density at radius 2 is 2.10 bits per heavy atom. The zero-order valence-corrected chi connectivity index (χ0v) is 6.85. The first-order valence-corrected chi connectivity index (χ1v) is 3.78. The number of rotatable bonds is 4. The minimum Gasteiger partial charge on any atom is -0.325 e. The molecule has 0 aliphatic heterocycles. The normalized spacial score (nSPS) is 15.8. The molecule has 0 unspecified atom stereocenters. The van der Waals surface area contributed by atoms with Crippen LogP contribution in [0.5, 0.6) is 0 Å². The van der Waals surface area contributed by atoms with Gasteiger partial charge in [-0.2, -0.15) is 5.26 Å². The largest absolute Gasteiger partial charge is 0.325 e. The van der Waals surface area contributed by atoms with E-state index in [0.717, 1.165) is 19.3 Å². The molecule has 0 aromatic rings. The lowest BCUT2D eigenvalue weighted by Crippen LogP contribution is -2.35. The quantitative estimate of drug-likeness (QED) is 0.647. The molecular weight excluding hydrogens is 124 g/mol. The van der Waals surface area contributed by atoms with Crippen molar-refractivity contribution in [2.24, 2.45) is 5.73 Å². The van der Waals surface area contributed by atoms with Crippen LogP contribution in [0.25, 0.3) is 0 Å². The summed E-state index contributed by atoms with van der Waals surface area (Å²) in [4.78, 5) is 0. The van der Waals surface area contributed by atoms with Gasteiger partial charge in [-0.25, -0.2) is 0 Å². The van der Waals surface area contributed by atoms with Crippen molar-refractivity contribution in [3.05, 3.63) is 0 Å². The topological polar surface area (TPSA) is 49.8 Å². The molecular formula is C8H16N2. The van der Waals surface area contributed by atoms with Crippen LogP contribution in [0.3, 0.4) is 0 Å². The van der Waals surface area contributed by atoms with Crippen LogP contribution in [-0.4, -0.2) is 5.54 Å². The summed E-state index contributed by atoms with van der Waals surface area (Å²) in [6.45, 7) is 4.12. The van der Waals surface area contributed by atoms with Gasteiger partial charge >= 0.3 is 0 Å². The van der Waals surface area contributed by atoms with Gasteiger partial charge in [0.1, 0.15) is 0 Å². The highest BCUT2D eigenvalue weighted by atomic mass is 14.7. The van der Waals surface area contributed by atoms with Crippen molar-refractivity contribution in [2.45, 2.75) is 45.1 Å². The number of nitrogens with zero attached hydrogens (tertiary/aromatic N) is 1. The van der Waals surface area contributed by atoms with Crippen molar-refractivity contribution in [3.8, 4) is 6.07 Å². The van der Waals surface area contributed by atoms with Crippen molar-refractivity contribution < 1.29 is 0 Å². The fourth-order valence-corrected chi connectivity index (χ4v) is 1.04. The Hall–Kier alpha value is -0.550. The van der Waals surface area contributed by atoms with Crippen LogP contribution in [0, 0.1) is 11.3 Å². The van der Waals surface area contributed by atoms with E-state index in [1.54, 1.807) is 0 Å². The summed E-state index contributed by atoms with van der Waals surface area (Å²) in [5, 5.41) is 8.29. The average molecular weight is 140 g/mol. The number of nitriles is 1. The lowest BCUT2D eigenvalue weighted by molar-refractivity contribution is 0.401. The molecule has 0 rings (SSSR count). The zero-order valence-electron chi connectivity index (χ0n) is 6.85. The molecule has 0 saturated carbocycles. The molecule has 0 aliphatic carbocycles. The van der Waals surface area contributed by atoms with E-state index in [-0.39, 0.29) is 5.54 Å². The van der Waals surface area contributed by atoms with E-state index >= 15 is 0 Å². The van der Waals surface area contributed by atoms with Gasteiger partial charge in [-0.05, 0) is 19.8 Å². The molecule has 0 saturated heterocycles. The third-order valence-electron chi connectivity index (χ3n) is 1.63. The Balaban J connectivity index is 3.54. The Morgan fingerprint density at radius 1 is 1.50 bits per heavy atom. The van der Waals surface area contributed by atoms with E-state index in [9.17, 15) is 0 Å². The first-order valence-electron chi connectivity index (χ1n) is 3.78. The molecule has 0 aromatic heterocycles. The standard InChI is InChI=1S/C8H16N2/c1-3-5-8(2,10)6-4-7-9/h3-6,10H2,1-2H3/t8-/m0/s1. The molecule has 0 aromatic carbocycles. The Labute approximate surface area is 63.0 Å². The van der Waals surface area contributed by atoms with Crippen molar-refractivity contribution >= 4 is 0 Å². The van der Waals surface area contributed by atoms with E-state index in [2.05, 4.69) is 13.0 Å². The maximum Gasteiger partial charge on any atom is 0.0622 e. The summed E-state index contributed by atoms with van der Waals surface area (Å²) in [7, 11) is 0. The van der Waals surface area contributed by atoms with E-state index < -0.39 is 0 Å². The lowest BCUT2D eigenvalue weighted by atomic mass is 9.92. The summed E-state index contributed by atoms with van der Waals surface area (Å²) in [5.41, 5.74) is 5.74.